The van der Waals surface area contributed by atoms with Gasteiger partial charge < -0.3 is 14.4 Å². The molecule has 4 nitrogen and oxygen atoms in total. The third kappa shape index (κ3) is 4.43. The lowest BCUT2D eigenvalue weighted by Gasteiger charge is -2.39. The van der Waals surface area contributed by atoms with Gasteiger partial charge in [0.1, 0.15) is 17.5 Å². The maximum Gasteiger partial charge on any atom is 0.417 e. The zero-order valence-electron chi connectivity index (χ0n) is 12.9. The Bertz CT molecular complexity index is 593. The second-order valence-corrected chi connectivity index (χ2v) is 6.62. The van der Waals surface area contributed by atoms with E-state index in [9.17, 15) is 18.0 Å². The highest BCUT2D eigenvalue weighted by Gasteiger charge is 2.37. The summed E-state index contributed by atoms with van der Waals surface area (Å²) in [4.78, 5) is 13.2. The molecule has 1 amide bonds. The first-order chi connectivity index (χ1) is 10.5. The number of likely N-dealkylation sites (tertiary alicyclic amines) is 1. The summed E-state index contributed by atoms with van der Waals surface area (Å²) in [7, 11) is 0. The van der Waals surface area contributed by atoms with Crippen molar-refractivity contribution in [1.29, 1.82) is 0 Å². The molecule has 1 aliphatic rings. The van der Waals surface area contributed by atoms with Crippen molar-refractivity contribution in [2.75, 3.05) is 13.1 Å². The lowest BCUT2D eigenvalue weighted by molar-refractivity contribution is -0.137. The molecule has 1 saturated heterocycles. The van der Waals surface area contributed by atoms with Gasteiger partial charge >= 0.3 is 12.3 Å². The molecule has 0 unspecified atom stereocenters. The van der Waals surface area contributed by atoms with Gasteiger partial charge in [-0.3, -0.25) is 0 Å². The number of benzene rings is 1. The molecule has 2 rings (SSSR count). The summed E-state index contributed by atoms with van der Waals surface area (Å²) in [6, 6.07) is 3.49. The fourth-order valence-corrected chi connectivity index (χ4v) is 2.27. The Morgan fingerprint density at radius 1 is 1.26 bits per heavy atom. The van der Waals surface area contributed by atoms with E-state index < -0.39 is 34.6 Å². The van der Waals surface area contributed by atoms with Crippen molar-refractivity contribution in [3.05, 3.63) is 28.8 Å². The number of carbonyl (C=O) groups is 1. The summed E-state index contributed by atoms with van der Waals surface area (Å²) in [5.41, 5.74) is -1.55. The zero-order chi connectivity index (χ0) is 17.4. The predicted molar refractivity (Wildman–Crippen MR) is 78.7 cm³/mol. The second kappa shape index (κ2) is 6.11. The Balaban J connectivity index is 1.95. The third-order valence-electron chi connectivity index (χ3n) is 3.06. The molecule has 0 radical (unpaired) electrons. The number of hydrogen-bond donors (Lipinski definition) is 0. The monoisotopic (exact) mass is 351 g/mol. The molecule has 0 spiro atoms. The lowest BCUT2D eigenvalue weighted by atomic mass is 10.1. The maximum atomic E-state index is 12.8. The van der Waals surface area contributed by atoms with Crippen LogP contribution in [0.2, 0.25) is 5.02 Å². The van der Waals surface area contributed by atoms with Crippen LogP contribution in [0.1, 0.15) is 26.3 Å². The SMILES string of the molecule is CC(C)(C)OC(=O)N1CC(Oc2cccc(C(F)(F)F)c2Cl)C1. The van der Waals surface area contributed by atoms with E-state index in [2.05, 4.69) is 0 Å². The van der Waals surface area contributed by atoms with Gasteiger partial charge in [-0.1, -0.05) is 17.7 Å². The summed E-state index contributed by atoms with van der Waals surface area (Å²) in [6.45, 7) is 5.73. The van der Waals surface area contributed by atoms with E-state index in [0.29, 0.717) is 0 Å². The molecule has 1 heterocycles. The lowest BCUT2D eigenvalue weighted by Crippen LogP contribution is -2.57. The van der Waals surface area contributed by atoms with Gasteiger partial charge in [0.25, 0.3) is 0 Å². The summed E-state index contributed by atoms with van der Waals surface area (Å²) in [5, 5.41) is -0.476. The van der Waals surface area contributed by atoms with Gasteiger partial charge in [0.15, 0.2) is 0 Å². The molecule has 128 valence electrons. The first-order valence-corrected chi connectivity index (χ1v) is 7.35. The molecule has 1 fully saturated rings. The molecule has 0 aliphatic carbocycles. The number of amides is 1. The van der Waals surface area contributed by atoms with Crippen LogP contribution in [0.3, 0.4) is 0 Å². The average molecular weight is 352 g/mol. The van der Waals surface area contributed by atoms with Crippen LogP contribution in [0, 0.1) is 0 Å². The maximum absolute atomic E-state index is 12.8. The summed E-state index contributed by atoms with van der Waals surface area (Å²) in [6.07, 6.45) is -5.44. The molecule has 8 heteroatoms. The molecule has 0 bridgehead atoms. The van der Waals surface area contributed by atoms with Crippen LogP contribution >= 0.6 is 11.6 Å². The van der Waals surface area contributed by atoms with Gasteiger partial charge in [0.05, 0.1) is 23.7 Å². The largest absolute Gasteiger partial charge is 0.485 e. The van der Waals surface area contributed by atoms with E-state index in [0.717, 1.165) is 6.07 Å². The van der Waals surface area contributed by atoms with Crippen LogP contribution in [0.25, 0.3) is 0 Å². The van der Waals surface area contributed by atoms with Crippen LogP contribution in [-0.2, 0) is 10.9 Å². The van der Waals surface area contributed by atoms with Gasteiger partial charge in [-0.15, -0.1) is 0 Å². The number of halogens is 4. The van der Waals surface area contributed by atoms with E-state index in [4.69, 9.17) is 21.1 Å². The Morgan fingerprint density at radius 2 is 1.87 bits per heavy atom. The number of rotatable bonds is 2. The van der Waals surface area contributed by atoms with E-state index >= 15 is 0 Å². The molecule has 1 aromatic rings. The van der Waals surface area contributed by atoms with Crippen LogP contribution in [-0.4, -0.2) is 35.8 Å². The van der Waals surface area contributed by atoms with Crippen LogP contribution in [0.15, 0.2) is 18.2 Å². The highest BCUT2D eigenvalue weighted by atomic mass is 35.5. The zero-order valence-corrected chi connectivity index (χ0v) is 13.7. The van der Waals surface area contributed by atoms with Crippen LogP contribution < -0.4 is 4.74 Å². The fraction of sp³-hybridized carbons (Fsp3) is 0.533. The highest BCUT2D eigenvalue weighted by Crippen LogP contribution is 2.39. The molecule has 1 aromatic carbocycles. The summed E-state index contributed by atoms with van der Waals surface area (Å²) < 4.78 is 49.0. The van der Waals surface area contributed by atoms with E-state index in [1.54, 1.807) is 20.8 Å². The van der Waals surface area contributed by atoms with Crippen molar-refractivity contribution in [3.63, 3.8) is 0 Å². The molecule has 23 heavy (non-hydrogen) atoms. The average Bonchev–Trinajstić information content (AvgIpc) is 2.30. The number of nitrogens with zero attached hydrogens (tertiary/aromatic N) is 1. The van der Waals surface area contributed by atoms with Crippen LogP contribution in [0.5, 0.6) is 5.75 Å². The quantitative estimate of drug-likeness (QED) is 0.794. The number of carbonyl (C=O) groups excluding carboxylic acids is 1. The molecule has 0 aromatic heterocycles. The number of hydrogen-bond acceptors (Lipinski definition) is 3. The fourth-order valence-electron chi connectivity index (χ4n) is 1.99. The standard InChI is InChI=1S/C15H17ClF3NO3/c1-14(2,3)23-13(21)20-7-9(8-20)22-11-6-4-5-10(12(11)16)15(17,18)19/h4-6,9H,7-8H2,1-3H3. The van der Waals surface area contributed by atoms with Crippen molar-refractivity contribution < 1.29 is 27.4 Å². The molecular weight excluding hydrogens is 335 g/mol. The van der Waals surface area contributed by atoms with Crippen molar-refractivity contribution in [3.8, 4) is 5.75 Å². The Labute approximate surface area is 137 Å². The minimum Gasteiger partial charge on any atom is -0.485 e. The van der Waals surface area contributed by atoms with Gasteiger partial charge in [0.2, 0.25) is 0 Å². The van der Waals surface area contributed by atoms with Gasteiger partial charge in [-0.2, -0.15) is 13.2 Å². The molecule has 0 atom stereocenters. The molecule has 1 aliphatic heterocycles. The molecule has 0 N–H and O–H groups in total. The number of ether oxygens (including phenoxy) is 2. The first kappa shape index (κ1) is 17.7. The van der Waals surface area contributed by atoms with E-state index in [-0.39, 0.29) is 18.8 Å². The minimum atomic E-state index is -4.54. The summed E-state index contributed by atoms with van der Waals surface area (Å²) in [5.74, 6) is -0.0460. The van der Waals surface area contributed by atoms with Crippen LogP contribution in [0.4, 0.5) is 18.0 Å². The Hall–Kier alpha value is -1.63. The minimum absolute atomic E-state index is 0.0460. The van der Waals surface area contributed by atoms with Crippen molar-refractivity contribution in [2.24, 2.45) is 0 Å². The van der Waals surface area contributed by atoms with Gasteiger partial charge in [-0.05, 0) is 32.9 Å². The first-order valence-electron chi connectivity index (χ1n) is 6.97. The Kier molecular flexibility index (Phi) is 4.71. The summed E-state index contributed by atoms with van der Waals surface area (Å²) >= 11 is 5.75. The second-order valence-electron chi connectivity index (χ2n) is 6.24. The van der Waals surface area contributed by atoms with E-state index in [1.165, 1.54) is 17.0 Å². The smallest absolute Gasteiger partial charge is 0.417 e. The Morgan fingerprint density at radius 3 is 2.39 bits per heavy atom. The van der Waals surface area contributed by atoms with E-state index in [1.807, 2.05) is 0 Å². The number of alkyl halides is 3. The van der Waals surface area contributed by atoms with Crippen molar-refractivity contribution in [1.82, 2.24) is 4.90 Å². The van der Waals surface area contributed by atoms with Crippen molar-refractivity contribution in [2.45, 2.75) is 38.7 Å². The van der Waals surface area contributed by atoms with Crippen molar-refractivity contribution >= 4 is 17.7 Å². The molecule has 0 saturated carbocycles. The van der Waals surface area contributed by atoms with Gasteiger partial charge in [0, 0.05) is 0 Å². The predicted octanol–water partition coefficient (Wildman–Crippen LogP) is 4.36. The third-order valence-corrected chi connectivity index (χ3v) is 3.45. The normalized spacial score (nSPS) is 16.0. The van der Waals surface area contributed by atoms with Gasteiger partial charge in [-0.25, -0.2) is 4.79 Å². The highest BCUT2D eigenvalue weighted by molar-refractivity contribution is 6.32. The topological polar surface area (TPSA) is 38.8 Å². The molecular formula is C15H17ClF3NO3.